The van der Waals surface area contributed by atoms with Crippen molar-refractivity contribution >= 4 is 34.6 Å². The molecule has 7 heteroatoms. The van der Waals surface area contributed by atoms with Gasteiger partial charge in [0.05, 0.1) is 21.1 Å². The SMILES string of the molecule is N=C(c1ccc(-n2cc(CCC(=O)c3ccc(Cl)s3)cn2)cc1)N1CCC1. The number of hydrogen-bond acceptors (Lipinski definition) is 4. The minimum absolute atomic E-state index is 0.105. The molecule has 4 rings (SSSR count). The normalized spacial score (nSPS) is 13.4. The molecule has 1 saturated heterocycles. The van der Waals surface area contributed by atoms with Gasteiger partial charge in [-0.05, 0) is 54.8 Å². The Kier molecular flexibility index (Phi) is 5.09. The van der Waals surface area contributed by atoms with Gasteiger partial charge < -0.3 is 4.90 Å². The van der Waals surface area contributed by atoms with Crippen LogP contribution in [-0.4, -0.2) is 39.4 Å². The Morgan fingerprint density at radius 1 is 1.19 bits per heavy atom. The zero-order valence-corrected chi connectivity index (χ0v) is 16.3. The molecule has 138 valence electrons. The molecule has 3 heterocycles. The van der Waals surface area contributed by atoms with Gasteiger partial charge in [-0.3, -0.25) is 10.2 Å². The van der Waals surface area contributed by atoms with E-state index < -0.39 is 0 Å². The van der Waals surface area contributed by atoms with Gasteiger partial charge >= 0.3 is 0 Å². The standard InChI is InChI=1S/C20H19ClN4OS/c21-19-9-8-18(27-19)17(26)7-2-14-12-23-25(13-14)16-5-3-15(4-6-16)20(22)24-10-1-11-24/h3-6,8-9,12-13,22H,1-2,7,10-11H2. The van der Waals surface area contributed by atoms with Crippen LogP contribution in [-0.2, 0) is 6.42 Å². The highest BCUT2D eigenvalue weighted by Gasteiger charge is 2.18. The zero-order chi connectivity index (χ0) is 18.8. The lowest BCUT2D eigenvalue weighted by Crippen LogP contribution is -2.42. The van der Waals surface area contributed by atoms with Crippen LogP contribution in [0.25, 0.3) is 5.69 Å². The van der Waals surface area contributed by atoms with Gasteiger partial charge in [0.25, 0.3) is 0 Å². The molecule has 2 aromatic heterocycles. The lowest BCUT2D eigenvalue weighted by Gasteiger charge is -2.33. The van der Waals surface area contributed by atoms with E-state index >= 15 is 0 Å². The first kappa shape index (κ1) is 17.9. The van der Waals surface area contributed by atoms with Gasteiger partial charge in [-0.2, -0.15) is 5.10 Å². The van der Waals surface area contributed by atoms with Crippen molar-refractivity contribution in [3.05, 3.63) is 69.1 Å². The lowest BCUT2D eigenvalue weighted by atomic mass is 10.1. The fourth-order valence-corrected chi connectivity index (χ4v) is 3.98. The molecule has 0 unspecified atom stereocenters. The molecule has 3 aromatic rings. The molecule has 0 spiro atoms. The van der Waals surface area contributed by atoms with E-state index in [1.54, 1.807) is 23.0 Å². The molecular weight excluding hydrogens is 380 g/mol. The molecule has 1 aromatic carbocycles. The molecule has 5 nitrogen and oxygen atoms in total. The number of benzene rings is 1. The fraction of sp³-hybridized carbons (Fsp3) is 0.250. The van der Waals surface area contributed by atoms with Crippen molar-refractivity contribution in [1.29, 1.82) is 5.41 Å². The maximum atomic E-state index is 12.2. The second kappa shape index (κ2) is 7.66. The second-order valence-corrected chi connectivity index (χ2v) is 8.27. The molecule has 0 bridgehead atoms. The first-order valence-corrected chi connectivity index (χ1v) is 10.1. The molecule has 0 saturated carbocycles. The maximum absolute atomic E-state index is 12.2. The van der Waals surface area contributed by atoms with E-state index in [0.29, 0.717) is 27.9 Å². The third-order valence-electron chi connectivity index (χ3n) is 4.70. The van der Waals surface area contributed by atoms with Crippen molar-refractivity contribution in [3.63, 3.8) is 0 Å². The van der Waals surface area contributed by atoms with Crippen LogP contribution in [0, 0.1) is 5.41 Å². The number of Topliss-reactive ketones (excluding diaryl/α,β-unsaturated/α-hetero) is 1. The molecule has 27 heavy (non-hydrogen) atoms. The van der Waals surface area contributed by atoms with Crippen LogP contribution in [0.15, 0.2) is 48.8 Å². The molecule has 1 fully saturated rings. The molecule has 0 atom stereocenters. The summed E-state index contributed by atoms with van der Waals surface area (Å²) in [4.78, 5) is 15.0. The Balaban J connectivity index is 1.38. The first-order valence-electron chi connectivity index (χ1n) is 8.86. The van der Waals surface area contributed by atoms with E-state index in [-0.39, 0.29) is 5.78 Å². The predicted molar refractivity (Wildman–Crippen MR) is 109 cm³/mol. The van der Waals surface area contributed by atoms with Gasteiger partial charge in [-0.1, -0.05) is 11.6 Å². The highest BCUT2D eigenvalue weighted by molar-refractivity contribution is 7.18. The Bertz CT molecular complexity index is 972. The fourth-order valence-electron chi connectivity index (χ4n) is 2.97. The van der Waals surface area contributed by atoms with Gasteiger partial charge in [-0.15, -0.1) is 11.3 Å². The lowest BCUT2D eigenvalue weighted by molar-refractivity contribution is 0.0986. The molecule has 1 aliphatic heterocycles. The Labute approximate surface area is 166 Å². The number of rotatable bonds is 6. The summed E-state index contributed by atoms with van der Waals surface area (Å²) in [7, 11) is 0. The largest absolute Gasteiger partial charge is 0.356 e. The van der Waals surface area contributed by atoms with Crippen LogP contribution < -0.4 is 0 Å². The van der Waals surface area contributed by atoms with E-state index in [1.165, 1.54) is 17.8 Å². The van der Waals surface area contributed by atoms with E-state index in [0.717, 1.165) is 29.9 Å². The highest BCUT2D eigenvalue weighted by atomic mass is 35.5. The van der Waals surface area contributed by atoms with Gasteiger partial charge in [-0.25, -0.2) is 4.68 Å². The number of aromatic nitrogens is 2. The van der Waals surface area contributed by atoms with E-state index in [2.05, 4.69) is 10.00 Å². The average Bonchev–Trinajstić information content (AvgIpc) is 3.27. The number of amidine groups is 1. The highest BCUT2D eigenvalue weighted by Crippen LogP contribution is 2.23. The van der Waals surface area contributed by atoms with Crippen LogP contribution >= 0.6 is 22.9 Å². The molecular formula is C20H19ClN4OS. The van der Waals surface area contributed by atoms with Crippen LogP contribution in [0.3, 0.4) is 0 Å². The first-order chi connectivity index (χ1) is 13.1. The maximum Gasteiger partial charge on any atom is 0.173 e. The smallest absolute Gasteiger partial charge is 0.173 e. The molecule has 0 amide bonds. The topological polar surface area (TPSA) is 62.0 Å². The Hall–Kier alpha value is -2.44. The van der Waals surface area contributed by atoms with Crippen molar-refractivity contribution in [2.75, 3.05) is 13.1 Å². The third-order valence-corrected chi connectivity index (χ3v) is 5.97. The Morgan fingerprint density at radius 3 is 2.59 bits per heavy atom. The van der Waals surface area contributed by atoms with E-state index in [9.17, 15) is 4.79 Å². The van der Waals surface area contributed by atoms with E-state index in [4.69, 9.17) is 17.0 Å². The molecule has 1 N–H and O–H groups in total. The number of carbonyl (C=O) groups excluding carboxylic acids is 1. The number of nitrogens with zero attached hydrogens (tertiary/aromatic N) is 3. The minimum Gasteiger partial charge on any atom is -0.356 e. The number of likely N-dealkylation sites (tertiary alicyclic amines) is 1. The number of nitrogens with one attached hydrogen (secondary N) is 1. The number of carbonyl (C=O) groups is 1. The van der Waals surface area contributed by atoms with Crippen molar-refractivity contribution in [2.45, 2.75) is 19.3 Å². The van der Waals surface area contributed by atoms with Crippen molar-refractivity contribution in [3.8, 4) is 5.69 Å². The summed E-state index contributed by atoms with van der Waals surface area (Å²) in [6.45, 7) is 1.94. The van der Waals surface area contributed by atoms with Gasteiger partial charge in [0.15, 0.2) is 5.78 Å². The second-order valence-electron chi connectivity index (χ2n) is 6.56. The zero-order valence-electron chi connectivity index (χ0n) is 14.7. The van der Waals surface area contributed by atoms with Crippen LogP contribution in [0.5, 0.6) is 0 Å². The van der Waals surface area contributed by atoms with Crippen molar-refractivity contribution < 1.29 is 4.79 Å². The Morgan fingerprint density at radius 2 is 1.96 bits per heavy atom. The van der Waals surface area contributed by atoms with Crippen LogP contribution in [0.1, 0.15) is 33.6 Å². The summed E-state index contributed by atoms with van der Waals surface area (Å²) in [5.74, 6) is 0.689. The monoisotopic (exact) mass is 398 g/mol. The van der Waals surface area contributed by atoms with Crippen molar-refractivity contribution in [1.82, 2.24) is 14.7 Å². The van der Waals surface area contributed by atoms with Gasteiger partial charge in [0, 0.05) is 31.3 Å². The molecule has 0 radical (unpaired) electrons. The van der Waals surface area contributed by atoms with Gasteiger partial charge in [0.1, 0.15) is 5.84 Å². The summed E-state index contributed by atoms with van der Waals surface area (Å²) in [6, 6.07) is 11.4. The molecule has 1 aliphatic rings. The summed E-state index contributed by atoms with van der Waals surface area (Å²) in [5, 5.41) is 12.6. The summed E-state index contributed by atoms with van der Waals surface area (Å²) >= 11 is 7.21. The minimum atomic E-state index is 0.105. The number of thiophene rings is 1. The van der Waals surface area contributed by atoms with Gasteiger partial charge in [0.2, 0.25) is 0 Å². The number of ketones is 1. The number of aryl methyl sites for hydroxylation is 1. The van der Waals surface area contributed by atoms with Crippen LogP contribution in [0.4, 0.5) is 0 Å². The summed E-state index contributed by atoms with van der Waals surface area (Å²) in [5.41, 5.74) is 2.88. The summed E-state index contributed by atoms with van der Waals surface area (Å²) < 4.78 is 2.44. The summed E-state index contributed by atoms with van der Waals surface area (Å²) in [6.07, 6.45) is 5.99. The predicted octanol–water partition coefficient (Wildman–Crippen LogP) is 4.43. The van der Waals surface area contributed by atoms with Crippen molar-refractivity contribution in [2.24, 2.45) is 0 Å². The molecule has 0 aliphatic carbocycles. The number of hydrogen-bond donors (Lipinski definition) is 1. The third kappa shape index (κ3) is 3.96. The van der Waals surface area contributed by atoms with Crippen LogP contribution in [0.2, 0.25) is 4.34 Å². The quantitative estimate of drug-likeness (QED) is 0.379. The van der Waals surface area contributed by atoms with E-state index in [1.807, 2.05) is 30.5 Å². The number of halogens is 1. The average molecular weight is 399 g/mol.